The lowest BCUT2D eigenvalue weighted by Crippen LogP contribution is -2.30. The Bertz CT molecular complexity index is 1720. The summed E-state index contributed by atoms with van der Waals surface area (Å²) >= 11 is 0. The average molecular weight is 1310 g/mol. The quantitative estimate of drug-likeness (QED) is 0.0222. The molecule has 0 saturated heterocycles. The van der Waals surface area contributed by atoms with Crippen molar-refractivity contribution in [1.82, 2.24) is 0 Å². The molecule has 528 valence electrons. The van der Waals surface area contributed by atoms with Crippen LogP contribution in [0.4, 0.5) is 0 Å². The van der Waals surface area contributed by atoms with Gasteiger partial charge in [-0.15, -0.1) is 0 Å². The number of hydrogen-bond donors (Lipinski definition) is 3. The van der Waals surface area contributed by atoms with E-state index in [4.69, 9.17) is 37.0 Å². The van der Waals surface area contributed by atoms with Gasteiger partial charge in [0.15, 0.2) is 12.2 Å². The second-order valence-electron chi connectivity index (χ2n) is 25.7. The van der Waals surface area contributed by atoms with Gasteiger partial charge in [0.25, 0.3) is 0 Å². The van der Waals surface area contributed by atoms with Crippen LogP contribution in [0.5, 0.6) is 0 Å². The van der Waals surface area contributed by atoms with Crippen molar-refractivity contribution >= 4 is 39.5 Å². The minimum Gasteiger partial charge on any atom is -0.462 e. The predicted molar refractivity (Wildman–Crippen MR) is 358 cm³/mol. The molecule has 89 heavy (non-hydrogen) atoms. The van der Waals surface area contributed by atoms with Crippen LogP contribution in [0.3, 0.4) is 0 Å². The van der Waals surface area contributed by atoms with Gasteiger partial charge < -0.3 is 33.8 Å². The normalized spacial score (nSPS) is 14.1. The number of ether oxygens (including phenoxy) is 4. The highest BCUT2D eigenvalue weighted by molar-refractivity contribution is 7.47. The maximum absolute atomic E-state index is 13.0. The third-order valence-electron chi connectivity index (χ3n) is 16.3. The highest BCUT2D eigenvalue weighted by Crippen LogP contribution is 2.45. The van der Waals surface area contributed by atoms with Gasteiger partial charge >= 0.3 is 39.5 Å². The lowest BCUT2D eigenvalue weighted by Gasteiger charge is -2.21. The molecule has 3 N–H and O–H groups in total. The summed E-state index contributed by atoms with van der Waals surface area (Å²) in [5.41, 5.74) is 0. The number of unbranched alkanes of at least 4 members (excludes halogenated alkanes) is 42. The molecular formula is C70H136O17P2. The van der Waals surface area contributed by atoms with E-state index in [1.165, 1.54) is 186 Å². The number of carbonyl (C=O) groups is 4. The summed E-state index contributed by atoms with van der Waals surface area (Å²) in [5.74, 6) is -1.43. The van der Waals surface area contributed by atoms with E-state index < -0.39 is 97.5 Å². The first kappa shape index (κ1) is 87.1. The molecule has 19 heteroatoms. The van der Waals surface area contributed by atoms with Crippen LogP contribution in [0.1, 0.15) is 362 Å². The summed E-state index contributed by atoms with van der Waals surface area (Å²) in [6.45, 7) is 7.17. The molecule has 0 aliphatic heterocycles. The highest BCUT2D eigenvalue weighted by atomic mass is 31.2. The molecule has 17 nitrogen and oxygen atoms in total. The van der Waals surface area contributed by atoms with Crippen molar-refractivity contribution < 1.29 is 80.2 Å². The van der Waals surface area contributed by atoms with Crippen molar-refractivity contribution in [2.45, 2.75) is 380 Å². The van der Waals surface area contributed by atoms with E-state index in [-0.39, 0.29) is 25.7 Å². The van der Waals surface area contributed by atoms with Crippen molar-refractivity contribution in [3.63, 3.8) is 0 Å². The molecule has 0 spiro atoms. The molecular weight excluding hydrogens is 1170 g/mol. The van der Waals surface area contributed by atoms with Crippen LogP contribution in [0.25, 0.3) is 0 Å². The van der Waals surface area contributed by atoms with E-state index in [0.29, 0.717) is 31.6 Å². The summed E-state index contributed by atoms with van der Waals surface area (Å²) in [7, 11) is -9.90. The lowest BCUT2D eigenvalue weighted by atomic mass is 10.0. The molecule has 0 aliphatic carbocycles. The summed E-state index contributed by atoms with van der Waals surface area (Å²) < 4.78 is 68.2. The Hall–Kier alpha value is -1.94. The molecule has 0 radical (unpaired) electrons. The van der Waals surface area contributed by atoms with Gasteiger partial charge in [0, 0.05) is 25.7 Å². The molecule has 0 aromatic carbocycles. The zero-order valence-electron chi connectivity index (χ0n) is 57.6. The number of carbonyl (C=O) groups excluding carboxylic acids is 4. The van der Waals surface area contributed by atoms with Crippen LogP contribution in [-0.2, 0) is 65.4 Å². The smallest absolute Gasteiger partial charge is 0.462 e. The predicted octanol–water partition coefficient (Wildman–Crippen LogP) is 20.1. The summed E-state index contributed by atoms with van der Waals surface area (Å²) in [5, 5.41) is 10.6. The number of hydrogen-bond acceptors (Lipinski definition) is 15. The molecule has 0 aromatic rings. The molecule has 0 fully saturated rings. The SMILES string of the molecule is CCCCCCCCCCCCCCCCCCCCC(=O)O[C@H](COC(=O)CCCCCCCCCCCCC)COP(=O)(O)OC[C@@H](O)COP(=O)(O)OC[C@@H](COC(=O)CCCCCCCCCCCC)OC(=O)CCCCCCCCCC(C)C. The average Bonchev–Trinajstić information content (AvgIpc) is 3.67. The number of aliphatic hydroxyl groups is 1. The minimum atomic E-state index is -4.95. The molecule has 0 saturated carbocycles. The van der Waals surface area contributed by atoms with Gasteiger partial charge in [-0.1, -0.05) is 311 Å². The Morgan fingerprint density at radius 3 is 0.764 bits per heavy atom. The van der Waals surface area contributed by atoms with Gasteiger partial charge in [-0.25, -0.2) is 9.13 Å². The Balaban J connectivity index is 5.20. The standard InChI is InChI=1S/C70H136O17P2/c1-6-9-12-15-18-21-24-25-26-27-28-29-30-32-35-40-45-50-55-69(74)86-65(59-81-68(73)54-49-44-39-34-31-22-19-16-13-10-7-2)61-84-88(76,77)82-57-64(71)58-83-89(78,79)85-62-66(87-70(75)56-51-46-41-36-37-42-47-52-63(4)5)60-80-67(72)53-48-43-38-33-23-20-17-14-11-8-3/h63-66,71H,6-62H2,1-5H3,(H,76,77)(H,78,79)/t64-,65-,66-/m1/s1. The van der Waals surface area contributed by atoms with Gasteiger partial charge in [0.2, 0.25) is 0 Å². The first-order valence-corrected chi connectivity index (χ1v) is 39.6. The zero-order chi connectivity index (χ0) is 65.6. The van der Waals surface area contributed by atoms with E-state index in [9.17, 15) is 43.2 Å². The monoisotopic (exact) mass is 1310 g/mol. The molecule has 0 rings (SSSR count). The summed E-state index contributed by atoms with van der Waals surface area (Å²) in [6, 6.07) is 0. The fourth-order valence-electron chi connectivity index (χ4n) is 10.6. The number of rotatable bonds is 70. The van der Waals surface area contributed by atoms with Crippen molar-refractivity contribution in [1.29, 1.82) is 0 Å². The topological polar surface area (TPSA) is 237 Å². The molecule has 0 aliphatic rings. The maximum Gasteiger partial charge on any atom is 0.472 e. The van der Waals surface area contributed by atoms with Crippen LogP contribution in [-0.4, -0.2) is 96.7 Å². The number of phosphoric ester groups is 2. The van der Waals surface area contributed by atoms with Crippen molar-refractivity contribution in [3.05, 3.63) is 0 Å². The van der Waals surface area contributed by atoms with Gasteiger partial charge in [0.05, 0.1) is 26.4 Å². The number of phosphoric acid groups is 2. The first-order chi connectivity index (χ1) is 43.0. The van der Waals surface area contributed by atoms with Crippen molar-refractivity contribution in [2.75, 3.05) is 39.6 Å². The largest absolute Gasteiger partial charge is 0.472 e. The third kappa shape index (κ3) is 64.6. The van der Waals surface area contributed by atoms with Gasteiger partial charge in [-0.05, 0) is 31.6 Å². The van der Waals surface area contributed by atoms with Crippen LogP contribution in [0, 0.1) is 5.92 Å². The van der Waals surface area contributed by atoms with E-state index in [1.807, 2.05) is 0 Å². The molecule has 5 atom stereocenters. The Kier molecular flexibility index (Phi) is 62.1. The van der Waals surface area contributed by atoms with E-state index in [1.54, 1.807) is 0 Å². The van der Waals surface area contributed by atoms with Gasteiger partial charge in [-0.3, -0.25) is 37.3 Å². The fourth-order valence-corrected chi connectivity index (χ4v) is 12.2. The minimum absolute atomic E-state index is 0.104. The Labute approximate surface area is 543 Å². The number of aliphatic hydroxyl groups excluding tert-OH is 1. The number of esters is 4. The van der Waals surface area contributed by atoms with Crippen LogP contribution in [0.2, 0.25) is 0 Å². The molecule has 0 amide bonds. The summed E-state index contributed by atoms with van der Waals surface area (Å²) in [4.78, 5) is 72.5. The van der Waals surface area contributed by atoms with Crippen LogP contribution >= 0.6 is 15.6 Å². The molecule has 0 heterocycles. The second-order valence-corrected chi connectivity index (χ2v) is 28.7. The Morgan fingerprint density at radius 2 is 0.517 bits per heavy atom. The van der Waals surface area contributed by atoms with Gasteiger partial charge in [-0.2, -0.15) is 0 Å². The van der Waals surface area contributed by atoms with Crippen molar-refractivity contribution in [2.24, 2.45) is 5.92 Å². The zero-order valence-corrected chi connectivity index (χ0v) is 59.4. The van der Waals surface area contributed by atoms with Crippen LogP contribution < -0.4 is 0 Å². The molecule has 2 unspecified atom stereocenters. The molecule has 0 bridgehead atoms. The summed E-state index contributed by atoms with van der Waals surface area (Å²) in [6.07, 6.45) is 50.0. The third-order valence-corrected chi connectivity index (χ3v) is 18.2. The second kappa shape index (κ2) is 63.5. The van der Waals surface area contributed by atoms with Crippen molar-refractivity contribution in [3.8, 4) is 0 Å². The van der Waals surface area contributed by atoms with Crippen LogP contribution in [0.15, 0.2) is 0 Å². The van der Waals surface area contributed by atoms with E-state index in [2.05, 4.69) is 34.6 Å². The van der Waals surface area contributed by atoms with Gasteiger partial charge in [0.1, 0.15) is 19.3 Å². The Morgan fingerprint density at radius 1 is 0.303 bits per heavy atom. The highest BCUT2D eigenvalue weighted by Gasteiger charge is 2.30. The first-order valence-electron chi connectivity index (χ1n) is 36.6. The maximum atomic E-state index is 13.0. The van der Waals surface area contributed by atoms with E-state index >= 15 is 0 Å². The lowest BCUT2D eigenvalue weighted by molar-refractivity contribution is -0.161. The molecule has 0 aromatic heterocycles. The fraction of sp³-hybridized carbons (Fsp3) is 0.943. The van der Waals surface area contributed by atoms with E-state index in [0.717, 1.165) is 89.9 Å².